The molecule has 134 valence electrons. The fourth-order valence-electron chi connectivity index (χ4n) is 2.01. The van der Waals surface area contributed by atoms with Crippen LogP contribution in [0.4, 0.5) is 11.4 Å². The van der Waals surface area contributed by atoms with E-state index in [9.17, 15) is 20.6 Å². The van der Waals surface area contributed by atoms with E-state index < -0.39 is 0 Å². The van der Waals surface area contributed by atoms with E-state index in [0.717, 1.165) is 0 Å². The van der Waals surface area contributed by atoms with Crippen molar-refractivity contribution in [2.24, 2.45) is 0 Å². The summed E-state index contributed by atoms with van der Waals surface area (Å²) in [5, 5.41) is 42.9. The Kier molecular flexibility index (Phi) is 4.97. The minimum atomic E-state index is -0.179. The Labute approximate surface area is 148 Å². The standard InChI is InChI=1S/C18H16N2O6/c21-15-5-1-13(2-6-15)19(23)25-17-9-11-18(12-10-17)26-20(24)14-3-7-16(22)8-4-14/h1-12,21-24H/p-2. The van der Waals surface area contributed by atoms with Crippen LogP contribution in [0.15, 0.2) is 72.8 Å². The number of nitrogens with zero attached hydrogens (tertiary/aromatic N) is 2. The molecule has 0 saturated heterocycles. The van der Waals surface area contributed by atoms with Gasteiger partial charge in [-0.2, -0.15) is 0 Å². The third-order valence-corrected chi connectivity index (χ3v) is 3.32. The first-order chi connectivity index (χ1) is 12.5. The van der Waals surface area contributed by atoms with Gasteiger partial charge in [0, 0.05) is 0 Å². The van der Waals surface area contributed by atoms with Crippen LogP contribution >= 0.6 is 0 Å². The molecular formula is C18H14N2O6-2. The maximum atomic E-state index is 11.1. The van der Waals surface area contributed by atoms with E-state index in [2.05, 4.69) is 0 Å². The van der Waals surface area contributed by atoms with Gasteiger partial charge in [-0.1, -0.05) is 34.7 Å². The van der Waals surface area contributed by atoms with Gasteiger partial charge in [-0.25, -0.2) is 0 Å². The zero-order chi connectivity index (χ0) is 18.5. The monoisotopic (exact) mass is 354 g/mol. The largest absolute Gasteiger partial charge is 0.872 e. The van der Waals surface area contributed by atoms with Crippen LogP contribution in [0.2, 0.25) is 0 Å². The summed E-state index contributed by atoms with van der Waals surface area (Å²) < 4.78 is 0. The van der Waals surface area contributed by atoms with E-state index in [1.165, 1.54) is 72.8 Å². The first-order valence-corrected chi connectivity index (χ1v) is 7.49. The van der Waals surface area contributed by atoms with E-state index >= 15 is 0 Å². The minimum Gasteiger partial charge on any atom is -0.872 e. The zero-order valence-electron chi connectivity index (χ0n) is 13.4. The quantitative estimate of drug-likeness (QED) is 0.648. The maximum absolute atomic E-state index is 11.1. The molecule has 0 spiro atoms. The summed E-state index contributed by atoms with van der Waals surface area (Å²) in [6.07, 6.45) is 0. The summed E-state index contributed by atoms with van der Waals surface area (Å²) in [5.74, 6) is 0.238. The van der Waals surface area contributed by atoms with Crippen LogP contribution in [0, 0.1) is 0 Å². The second-order valence-corrected chi connectivity index (χ2v) is 5.19. The van der Waals surface area contributed by atoms with Crippen molar-refractivity contribution in [1.29, 1.82) is 0 Å². The zero-order valence-corrected chi connectivity index (χ0v) is 13.4. The van der Waals surface area contributed by atoms with Gasteiger partial charge < -0.3 is 19.9 Å². The summed E-state index contributed by atoms with van der Waals surface area (Å²) in [6, 6.07) is 16.9. The fourth-order valence-corrected chi connectivity index (χ4v) is 2.01. The second kappa shape index (κ2) is 7.51. The Morgan fingerprint density at radius 1 is 0.538 bits per heavy atom. The molecule has 3 rings (SSSR count). The van der Waals surface area contributed by atoms with Gasteiger partial charge in [-0.05, 0) is 48.5 Å². The second-order valence-electron chi connectivity index (χ2n) is 5.19. The lowest BCUT2D eigenvalue weighted by Crippen LogP contribution is -2.23. The normalized spacial score (nSPS) is 10.2. The smallest absolute Gasteiger partial charge is 0.158 e. The van der Waals surface area contributed by atoms with Gasteiger partial charge in [0.05, 0.1) is 0 Å². The minimum absolute atomic E-state index is 0.179. The van der Waals surface area contributed by atoms with Gasteiger partial charge in [0.25, 0.3) is 0 Å². The lowest BCUT2D eigenvalue weighted by Gasteiger charge is -2.19. The molecule has 0 amide bonds. The van der Waals surface area contributed by atoms with Gasteiger partial charge in [0.15, 0.2) is 11.5 Å². The molecule has 0 bridgehead atoms. The molecule has 3 aromatic carbocycles. The highest BCUT2D eigenvalue weighted by molar-refractivity contribution is 5.46. The molecule has 0 aliphatic rings. The molecule has 0 atom stereocenters. The topological polar surface area (TPSA) is 112 Å². The van der Waals surface area contributed by atoms with Crippen LogP contribution < -0.4 is 30.3 Å². The van der Waals surface area contributed by atoms with Gasteiger partial charge >= 0.3 is 0 Å². The van der Waals surface area contributed by atoms with Crippen LogP contribution in [-0.2, 0) is 0 Å². The van der Waals surface area contributed by atoms with Gasteiger partial charge in [-0.15, -0.1) is 11.5 Å². The first kappa shape index (κ1) is 17.2. The van der Waals surface area contributed by atoms with E-state index in [1.54, 1.807) is 0 Å². The molecule has 0 aliphatic heterocycles. The Morgan fingerprint density at radius 2 is 0.846 bits per heavy atom. The highest BCUT2D eigenvalue weighted by Gasteiger charge is 2.08. The SMILES string of the molecule is [O-]c1ccc(N(O)Oc2ccc(ON(O)c3ccc([O-])cc3)cc2)cc1. The van der Waals surface area contributed by atoms with Gasteiger partial charge in [-0.3, -0.25) is 10.4 Å². The van der Waals surface area contributed by atoms with E-state index in [-0.39, 0.29) is 22.9 Å². The molecule has 8 nitrogen and oxygen atoms in total. The van der Waals surface area contributed by atoms with Crippen molar-refractivity contribution in [1.82, 2.24) is 0 Å². The average Bonchev–Trinajstić information content (AvgIpc) is 2.64. The molecule has 3 aromatic rings. The molecule has 26 heavy (non-hydrogen) atoms. The molecule has 0 unspecified atom stereocenters. The molecule has 0 aliphatic carbocycles. The highest BCUT2D eigenvalue weighted by Crippen LogP contribution is 2.23. The summed E-state index contributed by atoms with van der Waals surface area (Å²) in [6.45, 7) is 0. The van der Waals surface area contributed by atoms with Gasteiger partial charge in [0.2, 0.25) is 0 Å². The Bertz CT molecular complexity index is 765. The van der Waals surface area contributed by atoms with Crippen LogP contribution in [0.25, 0.3) is 0 Å². The number of hydrogen-bond acceptors (Lipinski definition) is 8. The van der Waals surface area contributed by atoms with Crippen LogP contribution in [0.1, 0.15) is 0 Å². The third kappa shape index (κ3) is 4.26. The van der Waals surface area contributed by atoms with E-state index in [1.807, 2.05) is 0 Å². The fraction of sp³-hybridized carbons (Fsp3) is 0. The van der Waals surface area contributed by atoms with Crippen molar-refractivity contribution >= 4 is 11.4 Å². The molecule has 0 saturated carbocycles. The van der Waals surface area contributed by atoms with Crippen LogP contribution in [0.3, 0.4) is 0 Å². The predicted octanol–water partition coefficient (Wildman–Crippen LogP) is 2.21. The van der Waals surface area contributed by atoms with Crippen molar-refractivity contribution in [3.63, 3.8) is 0 Å². The molecule has 8 heteroatoms. The van der Waals surface area contributed by atoms with Crippen LogP contribution in [-0.4, -0.2) is 10.4 Å². The first-order valence-electron chi connectivity index (χ1n) is 7.49. The van der Waals surface area contributed by atoms with Gasteiger partial charge in [0.1, 0.15) is 11.4 Å². The van der Waals surface area contributed by atoms with Crippen molar-refractivity contribution in [2.45, 2.75) is 0 Å². The number of hydrogen-bond donors (Lipinski definition) is 2. The number of rotatable bonds is 6. The maximum Gasteiger partial charge on any atom is 0.158 e. The molecule has 0 heterocycles. The predicted molar refractivity (Wildman–Crippen MR) is 88.0 cm³/mol. The van der Waals surface area contributed by atoms with E-state index in [4.69, 9.17) is 9.68 Å². The van der Waals surface area contributed by atoms with Crippen molar-refractivity contribution in [2.75, 3.05) is 10.5 Å². The van der Waals surface area contributed by atoms with E-state index in [0.29, 0.717) is 22.0 Å². The van der Waals surface area contributed by atoms with Crippen molar-refractivity contribution < 1.29 is 30.3 Å². The summed E-state index contributed by atoms with van der Waals surface area (Å²) in [7, 11) is 0. The summed E-state index contributed by atoms with van der Waals surface area (Å²) in [5.41, 5.74) is 0.571. The Hall–Kier alpha value is -3.62. The lowest BCUT2D eigenvalue weighted by molar-refractivity contribution is -0.269. The lowest BCUT2D eigenvalue weighted by atomic mass is 10.3. The Balaban J connectivity index is 1.61. The highest BCUT2D eigenvalue weighted by atomic mass is 16.9. The van der Waals surface area contributed by atoms with Crippen molar-refractivity contribution in [3.8, 4) is 23.0 Å². The molecule has 0 fully saturated rings. The summed E-state index contributed by atoms with van der Waals surface area (Å²) in [4.78, 5) is 10.4. The Morgan fingerprint density at radius 3 is 1.15 bits per heavy atom. The molecule has 0 aromatic heterocycles. The summed E-state index contributed by atoms with van der Waals surface area (Å²) >= 11 is 0. The molecular weight excluding hydrogens is 340 g/mol. The van der Waals surface area contributed by atoms with Crippen molar-refractivity contribution in [3.05, 3.63) is 72.8 Å². The number of benzene rings is 3. The number of anilines is 2. The van der Waals surface area contributed by atoms with Crippen LogP contribution in [0.5, 0.6) is 23.0 Å². The third-order valence-electron chi connectivity index (χ3n) is 3.32. The molecule has 0 radical (unpaired) electrons. The average molecular weight is 354 g/mol. The molecule has 2 N–H and O–H groups in total.